The highest BCUT2D eigenvalue weighted by molar-refractivity contribution is 6.30. The molecule has 290 valence electrons. The predicted octanol–water partition coefficient (Wildman–Crippen LogP) is 10.4. The minimum Gasteiger partial charge on any atom is -0.481 e. The lowest BCUT2D eigenvalue weighted by Gasteiger charge is -2.72. The lowest BCUT2D eigenvalue weighted by atomic mass is 9.33. The number of esters is 1. The van der Waals surface area contributed by atoms with Gasteiger partial charge in [0.2, 0.25) is 0 Å². The second kappa shape index (κ2) is 14.0. The summed E-state index contributed by atoms with van der Waals surface area (Å²) >= 11 is 6.13. The number of aliphatic carboxylic acids is 1. The van der Waals surface area contributed by atoms with E-state index in [9.17, 15) is 19.8 Å². The first-order valence-corrected chi connectivity index (χ1v) is 20.9. The van der Waals surface area contributed by atoms with Crippen LogP contribution in [0.1, 0.15) is 145 Å². The molecule has 1 aromatic carbocycles. The third-order valence-electron chi connectivity index (χ3n) is 16.4. The molecule has 0 radical (unpaired) electrons. The summed E-state index contributed by atoms with van der Waals surface area (Å²) < 4.78 is 6.29. The number of ether oxygens (including phenoxy) is 1. The summed E-state index contributed by atoms with van der Waals surface area (Å²) in [6.07, 6.45) is 10.5. The van der Waals surface area contributed by atoms with E-state index in [-0.39, 0.29) is 52.0 Å². The molecule has 5 aliphatic rings. The number of rotatable bonds is 11. The van der Waals surface area contributed by atoms with Crippen molar-refractivity contribution < 1.29 is 24.5 Å². The van der Waals surface area contributed by atoms with E-state index in [1.54, 1.807) is 11.1 Å². The van der Waals surface area contributed by atoms with Crippen molar-refractivity contribution in [3.05, 3.63) is 46.0 Å². The number of hydrogen-bond donors (Lipinski definition) is 3. The van der Waals surface area contributed by atoms with E-state index in [0.29, 0.717) is 30.2 Å². The van der Waals surface area contributed by atoms with Crippen LogP contribution >= 0.6 is 11.6 Å². The summed E-state index contributed by atoms with van der Waals surface area (Å²) in [5.74, 6) is 0.874. The Morgan fingerprint density at radius 1 is 0.904 bits per heavy atom. The molecule has 52 heavy (non-hydrogen) atoms. The van der Waals surface area contributed by atoms with Gasteiger partial charge in [-0.2, -0.15) is 0 Å². The van der Waals surface area contributed by atoms with Gasteiger partial charge in [0, 0.05) is 28.9 Å². The van der Waals surface area contributed by atoms with Gasteiger partial charge in [0.25, 0.3) is 0 Å². The molecule has 9 atom stereocenters. The van der Waals surface area contributed by atoms with Crippen molar-refractivity contribution in [2.45, 2.75) is 158 Å². The number of benzene rings is 1. The van der Waals surface area contributed by atoms with E-state index in [1.165, 1.54) is 24.8 Å². The van der Waals surface area contributed by atoms with Gasteiger partial charge in [0.05, 0.1) is 18.9 Å². The van der Waals surface area contributed by atoms with Crippen LogP contribution in [0, 0.1) is 56.2 Å². The van der Waals surface area contributed by atoms with Crippen LogP contribution in [-0.4, -0.2) is 40.9 Å². The van der Waals surface area contributed by atoms with Gasteiger partial charge in [-0.3, -0.25) is 9.59 Å². The number of hydrogen-bond acceptors (Lipinski definition) is 5. The maximum absolute atomic E-state index is 13.2. The van der Waals surface area contributed by atoms with Crippen LogP contribution in [0.5, 0.6) is 0 Å². The molecule has 0 spiro atoms. The molecule has 0 aromatic heterocycles. The number of allylic oxidation sites excluding steroid dienone is 1. The lowest BCUT2D eigenvalue weighted by molar-refractivity contribution is -0.235. The molecule has 0 unspecified atom stereocenters. The molecule has 0 bridgehead atoms. The molecule has 0 heterocycles. The third-order valence-corrected chi connectivity index (χ3v) is 16.7. The van der Waals surface area contributed by atoms with E-state index in [0.717, 1.165) is 56.5 Å². The molecule has 4 fully saturated rings. The predicted molar refractivity (Wildman–Crippen MR) is 209 cm³/mol. The monoisotopic (exact) mass is 737 g/mol. The molecule has 6 nitrogen and oxygen atoms in total. The SMILES string of the molecule is CC(C)C1=C2[C@H]3CC[C@@H]4[C@@]5(C)CC[C@H](OC(=O)CC(C)(C)CC(=O)O)C(C)(C)[C@@H]5CC[C@@]4(C)[C@]3(C)CC[C@@]2([C@H](O)CNCc2ccc(Cl)cc2)CC1. The molecular weight excluding hydrogens is 670 g/mol. The highest BCUT2D eigenvalue weighted by atomic mass is 35.5. The van der Waals surface area contributed by atoms with Gasteiger partial charge >= 0.3 is 11.9 Å². The quantitative estimate of drug-likeness (QED) is 0.155. The van der Waals surface area contributed by atoms with E-state index in [1.807, 2.05) is 26.0 Å². The Kier molecular flexibility index (Phi) is 10.7. The number of carbonyl (C=O) groups excluding carboxylic acids is 1. The fourth-order valence-corrected chi connectivity index (χ4v) is 13.8. The van der Waals surface area contributed by atoms with Crippen molar-refractivity contribution in [2.24, 2.45) is 56.2 Å². The Hall–Kier alpha value is -1.89. The molecule has 4 saturated carbocycles. The number of halogens is 1. The number of carboxylic acid groups (broad SMARTS) is 1. The highest BCUT2D eigenvalue weighted by Gasteiger charge is 2.70. The van der Waals surface area contributed by atoms with Gasteiger partial charge in [-0.05, 0) is 127 Å². The molecule has 0 aliphatic heterocycles. The van der Waals surface area contributed by atoms with Crippen LogP contribution in [0.25, 0.3) is 0 Å². The van der Waals surface area contributed by atoms with Crippen molar-refractivity contribution in [1.82, 2.24) is 5.32 Å². The first-order chi connectivity index (χ1) is 24.2. The van der Waals surface area contributed by atoms with Crippen molar-refractivity contribution in [3.63, 3.8) is 0 Å². The van der Waals surface area contributed by atoms with Gasteiger partial charge in [0.15, 0.2) is 0 Å². The average Bonchev–Trinajstić information content (AvgIpc) is 3.44. The van der Waals surface area contributed by atoms with Crippen molar-refractivity contribution in [3.8, 4) is 0 Å². The number of fused-ring (bicyclic) bond motifs is 7. The van der Waals surface area contributed by atoms with Gasteiger partial charge in [0.1, 0.15) is 6.10 Å². The average molecular weight is 738 g/mol. The first-order valence-electron chi connectivity index (χ1n) is 20.5. The fraction of sp³-hybridized carbons (Fsp3) is 0.778. The summed E-state index contributed by atoms with van der Waals surface area (Å²) in [5.41, 5.74) is 4.00. The van der Waals surface area contributed by atoms with Crippen LogP contribution < -0.4 is 5.32 Å². The minimum absolute atomic E-state index is 0.0479. The van der Waals surface area contributed by atoms with E-state index < -0.39 is 17.5 Å². The number of aliphatic hydroxyl groups is 1. The van der Waals surface area contributed by atoms with Gasteiger partial charge < -0.3 is 20.3 Å². The summed E-state index contributed by atoms with van der Waals surface area (Å²) in [7, 11) is 0. The van der Waals surface area contributed by atoms with Crippen LogP contribution in [-0.2, 0) is 20.9 Å². The zero-order valence-electron chi connectivity index (χ0n) is 33.7. The van der Waals surface area contributed by atoms with Crippen LogP contribution in [0.4, 0.5) is 0 Å². The van der Waals surface area contributed by atoms with E-state index in [2.05, 4.69) is 65.9 Å². The van der Waals surface area contributed by atoms with Crippen LogP contribution in [0.3, 0.4) is 0 Å². The smallest absolute Gasteiger partial charge is 0.306 e. The summed E-state index contributed by atoms with van der Waals surface area (Å²) in [6, 6.07) is 7.99. The Morgan fingerprint density at radius 3 is 2.25 bits per heavy atom. The Bertz CT molecular complexity index is 1550. The van der Waals surface area contributed by atoms with Gasteiger partial charge in [-0.1, -0.05) is 97.2 Å². The van der Waals surface area contributed by atoms with Gasteiger partial charge in [-0.15, -0.1) is 0 Å². The molecule has 7 heteroatoms. The maximum atomic E-state index is 13.2. The van der Waals surface area contributed by atoms with Gasteiger partial charge in [-0.25, -0.2) is 0 Å². The largest absolute Gasteiger partial charge is 0.481 e. The highest BCUT2D eigenvalue weighted by Crippen LogP contribution is 2.77. The third kappa shape index (κ3) is 6.61. The topological polar surface area (TPSA) is 95.9 Å². The van der Waals surface area contributed by atoms with Crippen molar-refractivity contribution >= 4 is 23.5 Å². The zero-order chi connectivity index (χ0) is 38.1. The second-order valence-corrected chi connectivity index (χ2v) is 20.8. The van der Waals surface area contributed by atoms with Crippen molar-refractivity contribution in [1.29, 1.82) is 0 Å². The molecule has 3 N–H and O–H groups in total. The normalized spacial score (nSPS) is 37.5. The summed E-state index contributed by atoms with van der Waals surface area (Å²) in [6.45, 7) is 22.3. The molecule has 0 saturated heterocycles. The number of nitrogens with one attached hydrogen (secondary N) is 1. The molecule has 5 aliphatic carbocycles. The maximum Gasteiger partial charge on any atom is 0.306 e. The Morgan fingerprint density at radius 2 is 1.60 bits per heavy atom. The van der Waals surface area contributed by atoms with E-state index in [4.69, 9.17) is 16.3 Å². The number of carboxylic acids is 1. The van der Waals surface area contributed by atoms with Crippen molar-refractivity contribution in [2.75, 3.05) is 6.54 Å². The molecule has 0 amide bonds. The fourth-order valence-electron chi connectivity index (χ4n) is 13.6. The molecule has 6 rings (SSSR count). The number of carbonyl (C=O) groups is 2. The Labute approximate surface area is 319 Å². The van der Waals surface area contributed by atoms with Crippen LogP contribution in [0.15, 0.2) is 35.4 Å². The lowest BCUT2D eigenvalue weighted by Crippen LogP contribution is -2.66. The number of aliphatic hydroxyl groups excluding tert-OH is 1. The molecule has 1 aromatic rings. The minimum atomic E-state index is -0.882. The van der Waals surface area contributed by atoms with E-state index >= 15 is 0 Å². The zero-order valence-corrected chi connectivity index (χ0v) is 34.4. The van der Waals surface area contributed by atoms with Crippen LogP contribution in [0.2, 0.25) is 5.02 Å². The first kappa shape index (κ1) is 39.8. The molecular formula is C45H68ClNO5. The second-order valence-electron chi connectivity index (χ2n) is 20.4. The Balaban J connectivity index is 1.22. The standard InChI is InChI=1S/C45H68ClNO5/c1-28(2)31-16-21-45(35(48)27-47-26-29-10-12-30(46)13-11-29)23-22-43(8)32(39(31)45)14-15-34-42(7)19-18-36(41(5,6)33(42)17-20-44(34,43)9)52-38(51)25-40(3,4)24-37(49)50/h10-13,28,32-36,47-48H,14-27H2,1-9H3,(H,49,50)/t32-,33+,34-,35-,36+,42+,43-,44-,45-/m1/s1. The summed E-state index contributed by atoms with van der Waals surface area (Å²) in [5, 5.41) is 25.9. The summed E-state index contributed by atoms with van der Waals surface area (Å²) in [4.78, 5) is 24.6.